The average molecular weight is 243 g/mol. The van der Waals surface area contributed by atoms with Crippen molar-refractivity contribution in [1.82, 2.24) is 4.72 Å². The monoisotopic (exact) mass is 243 g/mol. The molecule has 0 aromatic heterocycles. The van der Waals surface area contributed by atoms with Crippen LogP contribution in [-0.2, 0) is 10.3 Å². The zero-order valence-electron chi connectivity index (χ0n) is 9.69. The fourth-order valence-corrected chi connectivity index (χ4v) is 2.95. The van der Waals surface area contributed by atoms with Crippen LogP contribution in [-0.4, -0.2) is 19.0 Å². The van der Waals surface area contributed by atoms with E-state index in [1.807, 2.05) is 0 Å². The molecule has 1 fully saturated rings. The molecule has 6 heteroatoms. The summed E-state index contributed by atoms with van der Waals surface area (Å²) >= 11 is 0. The zero-order valence-corrected chi connectivity index (χ0v) is 12.5. The van der Waals surface area contributed by atoms with Gasteiger partial charge in [-0.15, -0.1) is 0 Å². The van der Waals surface area contributed by atoms with Crippen LogP contribution in [0.2, 0.25) is 0 Å². The van der Waals surface area contributed by atoms with Gasteiger partial charge in [0.15, 0.2) is 10.3 Å². The van der Waals surface area contributed by atoms with Crippen LogP contribution in [0.3, 0.4) is 0 Å². The molecule has 15 heavy (non-hydrogen) atoms. The molecule has 0 amide bonds. The second kappa shape index (κ2) is 6.57. The fraction of sp³-hybridized carbons (Fsp3) is 1.00. The molecule has 1 N–H and O–H groups in total. The molecule has 1 rings (SSSR count). The molecular weight excluding hydrogens is 225 g/mol. The summed E-state index contributed by atoms with van der Waals surface area (Å²) < 4.78 is 34.0. The molecule has 0 bridgehead atoms. The third kappa shape index (κ3) is 5.65. The average Bonchev–Trinajstić information content (AvgIpc) is 2.01. The molecule has 0 radical (unpaired) electrons. The molecule has 4 nitrogen and oxygen atoms in total. The molecule has 0 aromatic carbocycles. The van der Waals surface area contributed by atoms with E-state index in [0.717, 1.165) is 25.7 Å². The quantitative estimate of drug-likeness (QED) is 0.472. The maximum Gasteiger partial charge on any atom is 1.00 e. The van der Waals surface area contributed by atoms with Crippen molar-refractivity contribution in [3.63, 3.8) is 0 Å². The predicted molar refractivity (Wildman–Crippen MR) is 53.4 cm³/mol. The number of hydrogen-bond acceptors (Lipinski definition) is 3. The van der Waals surface area contributed by atoms with Crippen LogP contribution in [0.25, 0.3) is 0 Å². The van der Waals surface area contributed by atoms with Gasteiger partial charge in [-0.1, -0.05) is 26.7 Å². The summed E-state index contributed by atoms with van der Waals surface area (Å²) in [6.07, 6.45) is 3.96. The third-order valence-electron chi connectivity index (χ3n) is 2.97. The van der Waals surface area contributed by atoms with Crippen LogP contribution < -0.4 is 34.3 Å². The Bertz CT molecular complexity index is 279. The summed E-state index contributed by atoms with van der Waals surface area (Å²) in [6, 6.07) is -0.147. The predicted octanol–water partition coefficient (Wildman–Crippen LogP) is -1.74. The number of hydrogen-bond donors (Lipinski definition) is 1. The van der Waals surface area contributed by atoms with Gasteiger partial charge < -0.3 is 4.55 Å². The Balaban J connectivity index is 0.00000196. The summed E-state index contributed by atoms with van der Waals surface area (Å²) in [7, 11) is -4.29. The van der Waals surface area contributed by atoms with Gasteiger partial charge in [0.2, 0.25) is 0 Å². The Labute approximate surface area is 114 Å². The topological polar surface area (TPSA) is 69.2 Å². The summed E-state index contributed by atoms with van der Waals surface area (Å²) in [5.74, 6) is 0.738. The van der Waals surface area contributed by atoms with E-state index in [-0.39, 0.29) is 35.6 Å². The number of rotatable bonds is 3. The fourth-order valence-electron chi connectivity index (χ4n) is 2.29. The molecule has 2 unspecified atom stereocenters. The molecule has 84 valence electrons. The summed E-state index contributed by atoms with van der Waals surface area (Å²) in [5.41, 5.74) is 0. The maximum atomic E-state index is 10.6. The van der Waals surface area contributed by atoms with Gasteiger partial charge in [0.05, 0.1) is 0 Å². The first-order valence-electron chi connectivity index (χ1n) is 5.13. The Hall–Kier alpha value is 0.870. The van der Waals surface area contributed by atoms with Crippen LogP contribution in [0.15, 0.2) is 0 Å². The van der Waals surface area contributed by atoms with Crippen molar-refractivity contribution in [3.05, 3.63) is 0 Å². The minimum Gasteiger partial charge on any atom is -0.735 e. The van der Waals surface area contributed by atoms with E-state index in [1.165, 1.54) is 0 Å². The SMILES string of the molecule is CC(C)C1CCCCC1NS(=O)(=O)[O-].[Na+]. The van der Waals surface area contributed by atoms with Crippen LogP contribution >= 0.6 is 0 Å². The standard InChI is InChI=1S/C9H19NO3S.Na/c1-7(2)8-5-3-4-6-9(8)10-14(11,12)13;/h7-10H,3-6H2,1-2H3,(H,11,12,13);/q;+1/p-1. The van der Waals surface area contributed by atoms with Crippen molar-refractivity contribution in [2.75, 3.05) is 0 Å². The molecule has 1 aliphatic rings. The van der Waals surface area contributed by atoms with E-state index in [1.54, 1.807) is 0 Å². The second-order valence-corrected chi connectivity index (χ2v) is 5.51. The van der Waals surface area contributed by atoms with Crippen LogP contribution in [0.1, 0.15) is 39.5 Å². The Kier molecular flexibility index (Phi) is 6.95. The van der Waals surface area contributed by atoms with Gasteiger partial charge in [0.25, 0.3) is 0 Å². The number of nitrogens with one attached hydrogen (secondary N) is 1. The van der Waals surface area contributed by atoms with Gasteiger partial charge in [-0.25, -0.2) is 13.1 Å². The minimum atomic E-state index is -4.29. The Morgan fingerprint density at radius 3 is 2.27 bits per heavy atom. The van der Waals surface area contributed by atoms with Gasteiger partial charge >= 0.3 is 29.6 Å². The van der Waals surface area contributed by atoms with Gasteiger partial charge in [-0.2, -0.15) is 0 Å². The van der Waals surface area contributed by atoms with Gasteiger partial charge in [0, 0.05) is 6.04 Å². The molecular formula is C9H18NNaO3S. The molecule has 1 aliphatic carbocycles. The van der Waals surface area contributed by atoms with Crippen molar-refractivity contribution in [2.45, 2.75) is 45.6 Å². The molecule has 0 aliphatic heterocycles. The first kappa shape index (κ1) is 15.9. The molecule has 0 spiro atoms. The van der Waals surface area contributed by atoms with E-state index in [0.29, 0.717) is 11.8 Å². The van der Waals surface area contributed by atoms with Crippen LogP contribution in [0, 0.1) is 11.8 Å². The second-order valence-electron chi connectivity index (χ2n) is 4.37. The molecule has 0 aromatic rings. The van der Waals surface area contributed by atoms with Crippen LogP contribution in [0.5, 0.6) is 0 Å². The maximum absolute atomic E-state index is 10.6. The molecule has 0 heterocycles. The van der Waals surface area contributed by atoms with E-state index in [2.05, 4.69) is 18.6 Å². The zero-order chi connectivity index (χ0) is 10.8. The largest absolute Gasteiger partial charge is 1.00 e. The van der Waals surface area contributed by atoms with Gasteiger partial charge in [-0.3, -0.25) is 0 Å². The van der Waals surface area contributed by atoms with Crippen molar-refractivity contribution < 1.29 is 42.5 Å². The van der Waals surface area contributed by atoms with Gasteiger partial charge in [0.1, 0.15) is 0 Å². The van der Waals surface area contributed by atoms with E-state index < -0.39 is 10.3 Å². The van der Waals surface area contributed by atoms with E-state index in [4.69, 9.17) is 0 Å². The van der Waals surface area contributed by atoms with Crippen molar-refractivity contribution in [3.8, 4) is 0 Å². The third-order valence-corrected chi connectivity index (χ3v) is 3.56. The minimum absolute atomic E-state index is 0. The first-order chi connectivity index (χ1) is 6.40. The van der Waals surface area contributed by atoms with Crippen molar-refractivity contribution >= 4 is 10.3 Å². The van der Waals surface area contributed by atoms with Gasteiger partial charge in [-0.05, 0) is 24.7 Å². The molecule has 1 saturated carbocycles. The normalized spacial score (nSPS) is 27.5. The van der Waals surface area contributed by atoms with Crippen LogP contribution in [0.4, 0.5) is 0 Å². The van der Waals surface area contributed by atoms with E-state index in [9.17, 15) is 13.0 Å². The summed E-state index contributed by atoms with van der Waals surface area (Å²) in [4.78, 5) is 0. The Morgan fingerprint density at radius 1 is 1.27 bits per heavy atom. The smallest absolute Gasteiger partial charge is 0.735 e. The van der Waals surface area contributed by atoms with E-state index >= 15 is 0 Å². The summed E-state index contributed by atoms with van der Waals surface area (Å²) in [5, 5.41) is 0. The van der Waals surface area contributed by atoms with Crippen molar-refractivity contribution in [1.29, 1.82) is 0 Å². The van der Waals surface area contributed by atoms with Crippen molar-refractivity contribution in [2.24, 2.45) is 11.8 Å². The molecule has 2 atom stereocenters. The summed E-state index contributed by atoms with van der Waals surface area (Å²) in [6.45, 7) is 4.14. The Morgan fingerprint density at radius 2 is 1.80 bits per heavy atom. The molecule has 0 saturated heterocycles. The first-order valence-corrected chi connectivity index (χ1v) is 6.54.